The quantitative estimate of drug-likeness (QED) is 0.816. The number of likely N-dealkylation sites (tertiary alicyclic amines) is 1. The van der Waals surface area contributed by atoms with Crippen LogP contribution >= 0.6 is 11.6 Å². The second-order valence-corrected chi connectivity index (χ2v) is 5.71. The maximum absolute atomic E-state index is 6.29. The van der Waals surface area contributed by atoms with Crippen LogP contribution in [0.25, 0.3) is 0 Å². The summed E-state index contributed by atoms with van der Waals surface area (Å²) in [5, 5.41) is 0.722. The highest BCUT2D eigenvalue weighted by Gasteiger charge is 2.21. The highest BCUT2D eigenvalue weighted by Crippen LogP contribution is 2.28. The van der Waals surface area contributed by atoms with Crippen LogP contribution < -0.4 is 10.5 Å². The standard InChI is InChI=1S/C15H23ClN2O/c1-18-9-7-13(11-18)19-15-6-5-12(10-14(15)16)4-2-3-8-17/h5-6,10,13H,2-4,7-9,11,17H2,1H3. The number of aryl methyl sites for hydroxylation is 1. The van der Waals surface area contributed by atoms with Gasteiger partial charge in [0.2, 0.25) is 0 Å². The number of likely N-dealkylation sites (N-methyl/N-ethyl adjacent to an activating group) is 1. The lowest BCUT2D eigenvalue weighted by Gasteiger charge is -2.15. The summed E-state index contributed by atoms with van der Waals surface area (Å²) in [7, 11) is 2.12. The van der Waals surface area contributed by atoms with Gasteiger partial charge < -0.3 is 15.4 Å². The van der Waals surface area contributed by atoms with Crippen LogP contribution in [0, 0.1) is 0 Å². The monoisotopic (exact) mass is 282 g/mol. The van der Waals surface area contributed by atoms with E-state index in [1.165, 1.54) is 5.56 Å². The summed E-state index contributed by atoms with van der Waals surface area (Å²) in [6.07, 6.45) is 4.55. The van der Waals surface area contributed by atoms with Crippen molar-refractivity contribution in [1.29, 1.82) is 0 Å². The Labute approximate surface area is 120 Å². The highest BCUT2D eigenvalue weighted by atomic mass is 35.5. The Morgan fingerprint density at radius 2 is 2.26 bits per heavy atom. The molecule has 0 bridgehead atoms. The van der Waals surface area contributed by atoms with E-state index in [2.05, 4.69) is 18.0 Å². The zero-order valence-electron chi connectivity index (χ0n) is 11.6. The van der Waals surface area contributed by atoms with Gasteiger partial charge in [0, 0.05) is 13.1 Å². The van der Waals surface area contributed by atoms with Crippen molar-refractivity contribution in [1.82, 2.24) is 4.90 Å². The van der Waals surface area contributed by atoms with Crippen LogP contribution in [0.15, 0.2) is 18.2 Å². The molecular weight excluding hydrogens is 260 g/mol. The molecule has 0 amide bonds. The van der Waals surface area contributed by atoms with Crippen molar-refractivity contribution >= 4 is 11.6 Å². The molecule has 1 unspecified atom stereocenters. The van der Waals surface area contributed by atoms with Crippen LogP contribution in [-0.2, 0) is 6.42 Å². The molecule has 4 heteroatoms. The molecule has 0 spiro atoms. The molecule has 1 heterocycles. The second-order valence-electron chi connectivity index (χ2n) is 5.30. The first-order valence-corrected chi connectivity index (χ1v) is 7.40. The number of hydrogen-bond acceptors (Lipinski definition) is 3. The number of halogens is 1. The number of nitrogens with zero attached hydrogens (tertiary/aromatic N) is 1. The normalized spacial score (nSPS) is 19.8. The van der Waals surface area contributed by atoms with Crippen molar-refractivity contribution in [2.75, 3.05) is 26.7 Å². The van der Waals surface area contributed by atoms with Crippen LogP contribution in [-0.4, -0.2) is 37.7 Å². The van der Waals surface area contributed by atoms with Crippen LogP contribution in [0.5, 0.6) is 5.75 Å². The Kier molecular flexibility index (Phi) is 5.49. The van der Waals surface area contributed by atoms with Gasteiger partial charge in [0.15, 0.2) is 0 Å². The van der Waals surface area contributed by atoms with E-state index in [-0.39, 0.29) is 6.10 Å². The van der Waals surface area contributed by atoms with Crippen molar-refractivity contribution in [2.24, 2.45) is 5.73 Å². The Bertz CT molecular complexity index is 411. The van der Waals surface area contributed by atoms with Gasteiger partial charge in [-0.25, -0.2) is 0 Å². The average molecular weight is 283 g/mol. The fourth-order valence-corrected chi connectivity index (χ4v) is 2.69. The minimum atomic E-state index is 0.269. The minimum absolute atomic E-state index is 0.269. The highest BCUT2D eigenvalue weighted by molar-refractivity contribution is 6.32. The third-order valence-electron chi connectivity index (χ3n) is 3.56. The molecule has 1 aliphatic heterocycles. The van der Waals surface area contributed by atoms with Gasteiger partial charge in [-0.05, 0) is 57.0 Å². The average Bonchev–Trinajstić information content (AvgIpc) is 2.79. The lowest BCUT2D eigenvalue weighted by molar-refractivity contribution is 0.208. The Morgan fingerprint density at radius 1 is 1.42 bits per heavy atom. The second kappa shape index (κ2) is 7.13. The number of nitrogens with two attached hydrogens (primary N) is 1. The predicted octanol–water partition coefficient (Wildman–Crippen LogP) is 2.70. The molecule has 1 aliphatic rings. The van der Waals surface area contributed by atoms with Crippen LogP contribution in [0.4, 0.5) is 0 Å². The van der Waals surface area contributed by atoms with E-state index in [4.69, 9.17) is 22.1 Å². The molecule has 0 saturated carbocycles. The van der Waals surface area contributed by atoms with E-state index in [9.17, 15) is 0 Å². The summed E-state index contributed by atoms with van der Waals surface area (Å²) >= 11 is 6.29. The number of rotatable bonds is 6. The van der Waals surface area contributed by atoms with Crippen molar-refractivity contribution in [3.8, 4) is 5.75 Å². The van der Waals surface area contributed by atoms with E-state index in [1.807, 2.05) is 12.1 Å². The molecule has 0 aliphatic carbocycles. The number of unbranched alkanes of at least 4 members (excludes halogenated alkanes) is 1. The van der Waals surface area contributed by atoms with Gasteiger partial charge in [0.05, 0.1) is 5.02 Å². The summed E-state index contributed by atoms with van der Waals surface area (Å²) in [4.78, 5) is 2.28. The summed E-state index contributed by atoms with van der Waals surface area (Å²) < 4.78 is 5.96. The SMILES string of the molecule is CN1CCC(Oc2ccc(CCCCN)cc2Cl)C1. The molecule has 0 aromatic heterocycles. The first kappa shape index (κ1) is 14.6. The Morgan fingerprint density at radius 3 is 2.89 bits per heavy atom. The topological polar surface area (TPSA) is 38.5 Å². The fraction of sp³-hybridized carbons (Fsp3) is 0.600. The number of ether oxygens (including phenoxy) is 1. The molecule has 19 heavy (non-hydrogen) atoms. The summed E-state index contributed by atoms with van der Waals surface area (Å²) in [5.74, 6) is 0.810. The molecule has 1 aromatic carbocycles. The maximum atomic E-state index is 6.29. The smallest absolute Gasteiger partial charge is 0.138 e. The lowest BCUT2D eigenvalue weighted by Crippen LogP contribution is -2.21. The molecule has 1 atom stereocenters. The van der Waals surface area contributed by atoms with Crippen molar-refractivity contribution in [2.45, 2.75) is 31.8 Å². The first-order chi connectivity index (χ1) is 9.19. The van der Waals surface area contributed by atoms with Crippen LogP contribution in [0.1, 0.15) is 24.8 Å². The van der Waals surface area contributed by atoms with Crippen molar-refractivity contribution in [3.05, 3.63) is 28.8 Å². The van der Waals surface area contributed by atoms with E-state index in [0.29, 0.717) is 0 Å². The zero-order valence-corrected chi connectivity index (χ0v) is 12.3. The zero-order chi connectivity index (χ0) is 13.7. The van der Waals surface area contributed by atoms with Gasteiger partial charge in [0.25, 0.3) is 0 Å². The van der Waals surface area contributed by atoms with Crippen LogP contribution in [0.3, 0.4) is 0 Å². The molecule has 1 fully saturated rings. The Balaban J connectivity index is 1.91. The van der Waals surface area contributed by atoms with Gasteiger partial charge >= 0.3 is 0 Å². The molecular formula is C15H23ClN2O. The molecule has 2 N–H and O–H groups in total. The molecule has 1 aromatic rings. The first-order valence-electron chi connectivity index (χ1n) is 7.02. The van der Waals surface area contributed by atoms with E-state index in [0.717, 1.165) is 56.1 Å². The number of benzene rings is 1. The molecule has 1 saturated heterocycles. The van der Waals surface area contributed by atoms with Gasteiger partial charge in [-0.2, -0.15) is 0 Å². The summed E-state index contributed by atoms with van der Waals surface area (Å²) in [6.45, 7) is 2.83. The summed E-state index contributed by atoms with van der Waals surface area (Å²) in [5.41, 5.74) is 6.76. The summed E-state index contributed by atoms with van der Waals surface area (Å²) in [6, 6.07) is 6.13. The van der Waals surface area contributed by atoms with E-state index >= 15 is 0 Å². The van der Waals surface area contributed by atoms with Crippen LogP contribution in [0.2, 0.25) is 5.02 Å². The third kappa shape index (κ3) is 4.37. The van der Waals surface area contributed by atoms with Crippen molar-refractivity contribution < 1.29 is 4.74 Å². The number of hydrogen-bond donors (Lipinski definition) is 1. The van der Waals surface area contributed by atoms with E-state index < -0.39 is 0 Å². The van der Waals surface area contributed by atoms with Gasteiger partial charge in [-0.1, -0.05) is 17.7 Å². The largest absolute Gasteiger partial charge is 0.487 e. The van der Waals surface area contributed by atoms with Gasteiger partial charge in [-0.15, -0.1) is 0 Å². The molecule has 3 nitrogen and oxygen atoms in total. The van der Waals surface area contributed by atoms with Gasteiger partial charge in [-0.3, -0.25) is 0 Å². The van der Waals surface area contributed by atoms with Gasteiger partial charge in [0.1, 0.15) is 11.9 Å². The predicted molar refractivity (Wildman–Crippen MR) is 80.0 cm³/mol. The molecule has 2 rings (SSSR count). The van der Waals surface area contributed by atoms with Crippen molar-refractivity contribution in [3.63, 3.8) is 0 Å². The maximum Gasteiger partial charge on any atom is 0.138 e. The Hall–Kier alpha value is -0.770. The molecule has 0 radical (unpaired) electrons. The lowest BCUT2D eigenvalue weighted by atomic mass is 10.1. The van der Waals surface area contributed by atoms with E-state index in [1.54, 1.807) is 0 Å². The third-order valence-corrected chi connectivity index (χ3v) is 3.85. The fourth-order valence-electron chi connectivity index (χ4n) is 2.44. The minimum Gasteiger partial charge on any atom is -0.487 e. The molecule has 106 valence electrons.